The Morgan fingerprint density at radius 1 is 1.43 bits per heavy atom. The number of nitrogens with zero attached hydrogens (tertiary/aromatic N) is 1. The molecule has 1 aliphatic heterocycles. The highest BCUT2D eigenvalue weighted by Crippen LogP contribution is 2.25. The van der Waals surface area contributed by atoms with Gasteiger partial charge in [-0.1, -0.05) is 11.6 Å². The summed E-state index contributed by atoms with van der Waals surface area (Å²) in [7, 11) is 1.57. The van der Waals surface area contributed by atoms with Crippen LogP contribution in [0, 0.1) is 5.92 Å². The number of ether oxygens (including phenoxy) is 1. The Labute approximate surface area is 131 Å². The third-order valence-corrected chi connectivity index (χ3v) is 4.23. The standard InChI is InChI=1S/C16H23ClN2O2/c1-3-19(11-12-6-8-18-9-7-12)16(20)14-10-13(17)4-5-15(14)21-2/h4-5,10,12,18H,3,6-9,11H2,1-2H3. The zero-order valence-electron chi connectivity index (χ0n) is 12.7. The number of carbonyl (C=O) groups is 1. The van der Waals surface area contributed by atoms with Gasteiger partial charge in [-0.3, -0.25) is 4.79 Å². The van der Waals surface area contributed by atoms with Gasteiger partial charge in [0.25, 0.3) is 5.91 Å². The van der Waals surface area contributed by atoms with Crippen molar-refractivity contribution in [1.29, 1.82) is 0 Å². The summed E-state index contributed by atoms with van der Waals surface area (Å²) in [6.07, 6.45) is 2.24. The minimum absolute atomic E-state index is 0.00428. The van der Waals surface area contributed by atoms with Crippen LogP contribution in [-0.4, -0.2) is 44.1 Å². The fourth-order valence-electron chi connectivity index (χ4n) is 2.75. The van der Waals surface area contributed by atoms with E-state index in [9.17, 15) is 4.79 Å². The second-order valence-electron chi connectivity index (χ2n) is 5.38. The van der Waals surface area contributed by atoms with Gasteiger partial charge in [0.05, 0.1) is 12.7 Å². The Morgan fingerprint density at radius 3 is 2.76 bits per heavy atom. The molecule has 1 N–H and O–H groups in total. The monoisotopic (exact) mass is 310 g/mol. The summed E-state index contributed by atoms with van der Waals surface area (Å²) in [5.74, 6) is 1.14. The van der Waals surface area contributed by atoms with Crippen molar-refractivity contribution in [3.05, 3.63) is 28.8 Å². The number of nitrogens with one attached hydrogen (secondary N) is 1. The SMILES string of the molecule is CCN(CC1CCNCC1)C(=O)c1cc(Cl)ccc1OC. The van der Waals surface area contributed by atoms with E-state index in [-0.39, 0.29) is 5.91 Å². The number of amides is 1. The van der Waals surface area contributed by atoms with E-state index in [1.54, 1.807) is 25.3 Å². The molecule has 1 heterocycles. The van der Waals surface area contributed by atoms with Gasteiger partial charge in [-0.15, -0.1) is 0 Å². The molecule has 21 heavy (non-hydrogen) atoms. The van der Waals surface area contributed by atoms with Gasteiger partial charge in [0.15, 0.2) is 0 Å². The topological polar surface area (TPSA) is 41.6 Å². The van der Waals surface area contributed by atoms with Crippen LogP contribution >= 0.6 is 11.6 Å². The first-order chi connectivity index (χ1) is 10.2. The maximum Gasteiger partial charge on any atom is 0.257 e. The van der Waals surface area contributed by atoms with Crippen LogP contribution in [0.3, 0.4) is 0 Å². The highest BCUT2D eigenvalue weighted by molar-refractivity contribution is 6.31. The average molecular weight is 311 g/mol. The lowest BCUT2D eigenvalue weighted by Gasteiger charge is -2.29. The van der Waals surface area contributed by atoms with Gasteiger partial charge < -0.3 is 15.0 Å². The summed E-state index contributed by atoms with van der Waals surface area (Å²) in [6.45, 7) is 5.58. The van der Waals surface area contributed by atoms with Crippen molar-refractivity contribution in [1.82, 2.24) is 10.2 Å². The molecule has 0 aromatic heterocycles. The van der Waals surface area contributed by atoms with Gasteiger partial charge in [-0.2, -0.15) is 0 Å². The Bertz CT molecular complexity index is 487. The van der Waals surface area contributed by atoms with E-state index in [0.717, 1.165) is 32.5 Å². The van der Waals surface area contributed by atoms with E-state index in [0.29, 0.717) is 28.8 Å². The van der Waals surface area contributed by atoms with Crippen LogP contribution < -0.4 is 10.1 Å². The Hall–Kier alpha value is -1.26. The number of piperidine rings is 1. The first-order valence-electron chi connectivity index (χ1n) is 7.49. The zero-order chi connectivity index (χ0) is 15.2. The van der Waals surface area contributed by atoms with Crippen LogP contribution in [0.4, 0.5) is 0 Å². The Kier molecular flexibility index (Phi) is 5.88. The van der Waals surface area contributed by atoms with Gasteiger partial charge >= 0.3 is 0 Å². The van der Waals surface area contributed by atoms with E-state index in [4.69, 9.17) is 16.3 Å². The number of hydrogen-bond acceptors (Lipinski definition) is 3. The van der Waals surface area contributed by atoms with Crippen molar-refractivity contribution in [3.8, 4) is 5.75 Å². The van der Waals surface area contributed by atoms with Crippen LogP contribution in [0.2, 0.25) is 5.02 Å². The van der Waals surface area contributed by atoms with E-state index < -0.39 is 0 Å². The molecule has 2 rings (SSSR count). The normalized spacial score (nSPS) is 15.8. The molecular formula is C16H23ClN2O2. The second-order valence-corrected chi connectivity index (χ2v) is 5.82. The fraction of sp³-hybridized carbons (Fsp3) is 0.562. The van der Waals surface area contributed by atoms with Crippen LogP contribution in [0.15, 0.2) is 18.2 Å². The maximum atomic E-state index is 12.8. The van der Waals surface area contributed by atoms with E-state index in [1.165, 1.54) is 0 Å². The maximum absolute atomic E-state index is 12.8. The number of hydrogen-bond donors (Lipinski definition) is 1. The van der Waals surface area contributed by atoms with Gasteiger partial charge in [-0.25, -0.2) is 0 Å². The third-order valence-electron chi connectivity index (χ3n) is 4.00. The molecule has 0 saturated carbocycles. The predicted octanol–water partition coefficient (Wildman–Crippen LogP) is 2.81. The number of halogens is 1. The molecule has 1 aromatic rings. The second kappa shape index (κ2) is 7.66. The smallest absolute Gasteiger partial charge is 0.257 e. The quantitative estimate of drug-likeness (QED) is 0.909. The third kappa shape index (κ3) is 4.11. The number of benzene rings is 1. The molecule has 0 atom stereocenters. The zero-order valence-corrected chi connectivity index (χ0v) is 13.4. The van der Waals surface area contributed by atoms with E-state index in [1.807, 2.05) is 11.8 Å². The number of carbonyl (C=O) groups excluding carboxylic acids is 1. The first kappa shape index (κ1) is 16.1. The minimum Gasteiger partial charge on any atom is -0.496 e. The molecule has 0 unspecified atom stereocenters. The molecular weight excluding hydrogens is 288 g/mol. The van der Waals surface area contributed by atoms with Gasteiger partial charge in [0.2, 0.25) is 0 Å². The number of methoxy groups -OCH3 is 1. The molecule has 0 bridgehead atoms. The van der Waals surface area contributed by atoms with Crippen molar-refractivity contribution in [2.24, 2.45) is 5.92 Å². The van der Waals surface area contributed by atoms with Crippen LogP contribution in [0.1, 0.15) is 30.1 Å². The summed E-state index contributed by atoms with van der Waals surface area (Å²) < 4.78 is 5.29. The van der Waals surface area contributed by atoms with Crippen molar-refractivity contribution >= 4 is 17.5 Å². The van der Waals surface area contributed by atoms with Gasteiger partial charge in [0, 0.05) is 18.1 Å². The minimum atomic E-state index is -0.00428. The molecule has 0 aliphatic carbocycles. The Balaban J connectivity index is 2.13. The fourth-order valence-corrected chi connectivity index (χ4v) is 2.92. The summed E-state index contributed by atoms with van der Waals surface area (Å²) in [5.41, 5.74) is 0.542. The molecule has 116 valence electrons. The molecule has 5 heteroatoms. The highest BCUT2D eigenvalue weighted by Gasteiger charge is 2.23. The van der Waals surface area contributed by atoms with E-state index >= 15 is 0 Å². The Morgan fingerprint density at radius 2 is 2.14 bits per heavy atom. The predicted molar refractivity (Wildman–Crippen MR) is 85.2 cm³/mol. The lowest BCUT2D eigenvalue weighted by atomic mass is 9.97. The van der Waals surface area contributed by atoms with Crippen molar-refractivity contribution in [2.45, 2.75) is 19.8 Å². The van der Waals surface area contributed by atoms with Crippen molar-refractivity contribution in [2.75, 3.05) is 33.3 Å². The van der Waals surface area contributed by atoms with Crippen molar-refractivity contribution < 1.29 is 9.53 Å². The summed E-state index contributed by atoms with van der Waals surface area (Å²) >= 11 is 6.02. The molecule has 0 spiro atoms. The summed E-state index contributed by atoms with van der Waals surface area (Å²) in [4.78, 5) is 14.6. The van der Waals surface area contributed by atoms with Crippen molar-refractivity contribution in [3.63, 3.8) is 0 Å². The molecule has 0 radical (unpaired) electrons. The highest BCUT2D eigenvalue weighted by atomic mass is 35.5. The van der Waals surface area contributed by atoms with Crippen LogP contribution in [-0.2, 0) is 0 Å². The molecule has 1 fully saturated rings. The summed E-state index contributed by atoms with van der Waals surface area (Å²) in [5, 5.41) is 3.90. The molecule has 1 amide bonds. The summed E-state index contributed by atoms with van der Waals surface area (Å²) in [6, 6.07) is 5.17. The molecule has 1 aromatic carbocycles. The first-order valence-corrected chi connectivity index (χ1v) is 7.87. The molecule has 4 nitrogen and oxygen atoms in total. The lowest BCUT2D eigenvalue weighted by molar-refractivity contribution is 0.0723. The van der Waals surface area contributed by atoms with Crippen LogP contribution in [0.25, 0.3) is 0 Å². The molecule has 1 aliphatic rings. The van der Waals surface area contributed by atoms with Crippen LogP contribution in [0.5, 0.6) is 5.75 Å². The lowest BCUT2D eigenvalue weighted by Crippen LogP contribution is -2.39. The van der Waals surface area contributed by atoms with Gasteiger partial charge in [0.1, 0.15) is 5.75 Å². The van der Waals surface area contributed by atoms with E-state index in [2.05, 4.69) is 5.32 Å². The largest absolute Gasteiger partial charge is 0.496 e. The van der Waals surface area contributed by atoms with Gasteiger partial charge in [-0.05, 0) is 57.0 Å². The number of rotatable bonds is 5. The average Bonchev–Trinajstić information content (AvgIpc) is 2.53. The molecule has 1 saturated heterocycles.